The molecule has 0 unspecified atom stereocenters. The van der Waals surface area contributed by atoms with Crippen LogP contribution >= 0.6 is 0 Å². The normalized spacial score (nSPS) is 17.6. The van der Waals surface area contributed by atoms with E-state index in [2.05, 4.69) is 0 Å². The summed E-state index contributed by atoms with van der Waals surface area (Å²) in [7, 11) is 1.89. The van der Waals surface area contributed by atoms with E-state index in [0.29, 0.717) is 12.1 Å². The fraction of sp³-hybridized carbons (Fsp3) is 0.409. The van der Waals surface area contributed by atoms with E-state index in [1.54, 1.807) is 11.0 Å². The number of carbonyl (C=O) groups excluding carboxylic acids is 3. The number of hydrogen-bond acceptors (Lipinski definition) is 4. The van der Waals surface area contributed by atoms with Crippen molar-refractivity contribution in [3.63, 3.8) is 0 Å². The van der Waals surface area contributed by atoms with Gasteiger partial charge in [0.05, 0.1) is 12.0 Å². The molecular formula is C22H26N2O4. The molecule has 3 rings (SSSR count). The number of likely N-dealkylation sites (tertiary alicyclic amines) is 1. The van der Waals surface area contributed by atoms with Crippen LogP contribution in [-0.4, -0.2) is 40.3 Å². The fourth-order valence-electron chi connectivity index (χ4n) is 3.65. The van der Waals surface area contributed by atoms with E-state index in [1.807, 2.05) is 62.7 Å². The minimum absolute atomic E-state index is 0.0702. The van der Waals surface area contributed by atoms with E-state index in [9.17, 15) is 14.4 Å². The average Bonchev–Trinajstić information content (AvgIpc) is 3.21. The predicted molar refractivity (Wildman–Crippen MR) is 105 cm³/mol. The molecule has 2 heterocycles. The largest absolute Gasteiger partial charge is 0.457 e. The Balaban J connectivity index is 1.59. The Hall–Kier alpha value is -2.89. The van der Waals surface area contributed by atoms with Crippen LogP contribution in [-0.2, 0) is 21.4 Å². The summed E-state index contributed by atoms with van der Waals surface area (Å²) in [5, 5.41) is 0. The Morgan fingerprint density at radius 1 is 1.21 bits per heavy atom. The molecule has 1 aliphatic heterocycles. The first-order valence-electron chi connectivity index (χ1n) is 9.46. The van der Waals surface area contributed by atoms with Crippen molar-refractivity contribution in [2.24, 2.45) is 13.0 Å². The molecule has 0 aliphatic carbocycles. The number of carbonyl (C=O) groups is 3. The molecule has 1 aliphatic rings. The summed E-state index contributed by atoms with van der Waals surface area (Å²) in [5.41, 5.74) is 3.40. The van der Waals surface area contributed by atoms with Crippen LogP contribution in [0.3, 0.4) is 0 Å². The minimum Gasteiger partial charge on any atom is -0.457 e. The van der Waals surface area contributed by atoms with Crippen molar-refractivity contribution < 1.29 is 19.1 Å². The molecule has 2 aromatic rings. The number of rotatable bonds is 6. The van der Waals surface area contributed by atoms with Crippen molar-refractivity contribution in [3.8, 4) is 0 Å². The second kappa shape index (κ2) is 8.00. The average molecular weight is 382 g/mol. The lowest BCUT2D eigenvalue weighted by Crippen LogP contribution is -2.30. The number of aromatic nitrogens is 1. The van der Waals surface area contributed by atoms with E-state index in [-0.39, 0.29) is 30.8 Å². The maximum atomic E-state index is 12.4. The molecule has 1 fully saturated rings. The summed E-state index contributed by atoms with van der Waals surface area (Å²) in [6.45, 7) is 5.74. The highest BCUT2D eigenvalue weighted by atomic mass is 16.5. The molecule has 2 atom stereocenters. The maximum Gasteiger partial charge on any atom is 0.311 e. The number of nitrogens with zero attached hydrogens (tertiary/aromatic N) is 2. The van der Waals surface area contributed by atoms with Crippen molar-refractivity contribution >= 4 is 17.7 Å². The first kappa shape index (κ1) is 19.9. The third-order valence-electron chi connectivity index (χ3n) is 5.66. The summed E-state index contributed by atoms with van der Waals surface area (Å²) in [6, 6.07) is 11.4. The van der Waals surface area contributed by atoms with E-state index < -0.39 is 11.9 Å². The Morgan fingerprint density at radius 3 is 2.50 bits per heavy atom. The van der Waals surface area contributed by atoms with Crippen LogP contribution in [0, 0.1) is 19.8 Å². The van der Waals surface area contributed by atoms with Gasteiger partial charge in [-0.25, -0.2) is 0 Å². The van der Waals surface area contributed by atoms with Crippen molar-refractivity contribution in [3.05, 3.63) is 58.9 Å². The van der Waals surface area contributed by atoms with Crippen LogP contribution in [0.4, 0.5) is 0 Å². The zero-order valence-electron chi connectivity index (χ0n) is 16.8. The molecule has 1 aromatic heterocycles. The van der Waals surface area contributed by atoms with Crippen LogP contribution < -0.4 is 0 Å². The van der Waals surface area contributed by atoms with Gasteiger partial charge < -0.3 is 14.2 Å². The topological polar surface area (TPSA) is 68.6 Å². The second-order valence-corrected chi connectivity index (χ2v) is 7.41. The van der Waals surface area contributed by atoms with Gasteiger partial charge in [-0.1, -0.05) is 30.3 Å². The number of Topliss-reactive ketones (excluding diaryl/α,β-unsaturated/α-hetero) is 1. The molecule has 1 aromatic carbocycles. The highest BCUT2D eigenvalue weighted by Gasteiger charge is 2.38. The Kier molecular flexibility index (Phi) is 5.68. The number of amides is 1. The zero-order valence-corrected chi connectivity index (χ0v) is 16.8. The quantitative estimate of drug-likeness (QED) is 0.569. The molecule has 0 radical (unpaired) electrons. The Morgan fingerprint density at radius 2 is 1.89 bits per heavy atom. The van der Waals surface area contributed by atoms with E-state index in [4.69, 9.17) is 4.74 Å². The second-order valence-electron chi connectivity index (χ2n) is 7.41. The predicted octanol–water partition coefficient (Wildman–Crippen LogP) is 2.98. The molecule has 1 amide bonds. The monoisotopic (exact) mass is 382 g/mol. The third kappa shape index (κ3) is 3.86. The molecule has 0 saturated carbocycles. The van der Waals surface area contributed by atoms with Crippen molar-refractivity contribution in [1.29, 1.82) is 0 Å². The molecular weight excluding hydrogens is 356 g/mol. The summed E-state index contributed by atoms with van der Waals surface area (Å²) in [6.07, 6.45) is 0.119. The summed E-state index contributed by atoms with van der Waals surface area (Å²) < 4.78 is 7.18. The van der Waals surface area contributed by atoms with Crippen LogP contribution in [0.1, 0.15) is 46.7 Å². The first-order chi connectivity index (χ1) is 13.3. The van der Waals surface area contributed by atoms with Crippen molar-refractivity contribution in [2.75, 3.05) is 13.2 Å². The van der Waals surface area contributed by atoms with E-state index in [1.165, 1.54) is 0 Å². The van der Waals surface area contributed by atoms with Gasteiger partial charge in [0.2, 0.25) is 11.7 Å². The van der Waals surface area contributed by atoms with E-state index >= 15 is 0 Å². The van der Waals surface area contributed by atoms with Gasteiger partial charge in [-0.2, -0.15) is 0 Å². The van der Waals surface area contributed by atoms with Crippen LogP contribution in [0.5, 0.6) is 0 Å². The third-order valence-corrected chi connectivity index (χ3v) is 5.66. The number of benzene rings is 1. The number of esters is 1. The Labute approximate surface area is 165 Å². The van der Waals surface area contributed by atoms with Gasteiger partial charge in [0, 0.05) is 37.0 Å². The minimum atomic E-state index is -0.537. The maximum absolute atomic E-state index is 12.4. The van der Waals surface area contributed by atoms with E-state index in [0.717, 1.165) is 17.0 Å². The number of ketones is 1. The van der Waals surface area contributed by atoms with Gasteiger partial charge in [-0.15, -0.1) is 0 Å². The van der Waals surface area contributed by atoms with Gasteiger partial charge in [-0.3, -0.25) is 14.4 Å². The molecule has 6 heteroatoms. The first-order valence-corrected chi connectivity index (χ1v) is 9.46. The number of hydrogen-bond donors (Lipinski definition) is 0. The number of aryl methyl sites for hydroxylation is 1. The van der Waals surface area contributed by atoms with Gasteiger partial charge in [0.15, 0.2) is 6.61 Å². The molecule has 0 spiro atoms. The lowest BCUT2D eigenvalue weighted by Gasteiger charge is -2.25. The van der Waals surface area contributed by atoms with Gasteiger partial charge in [0.25, 0.3) is 0 Å². The van der Waals surface area contributed by atoms with Crippen LogP contribution in [0.2, 0.25) is 0 Å². The lowest BCUT2D eigenvalue weighted by molar-refractivity contribution is -0.147. The van der Waals surface area contributed by atoms with Crippen LogP contribution in [0.15, 0.2) is 36.4 Å². The highest BCUT2D eigenvalue weighted by molar-refractivity contribution is 5.99. The molecule has 148 valence electrons. The summed E-state index contributed by atoms with van der Waals surface area (Å²) in [5.74, 6) is -1.33. The Bertz CT molecular complexity index is 901. The van der Waals surface area contributed by atoms with Crippen LogP contribution in [0.25, 0.3) is 0 Å². The van der Waals surface area contributed by atoms with Gasteiger partial charge in [-0.05, 0) is 32.4 Å². The summed E-state index contributed by atoms with van der Waals surface area (Å²) >= 11 is 0. The smallest absolute Gasteiger partial charge is 0.311 e. The molecule has 1 saturated heterocycles. The fourth-order valence-corrected chi connectivity index (χ4v) is 3.65. The highest BCUT2D eigenvalue weighted by Crippen LogP contribution is 2.29. The van der Waals surface area contributed by atoms with Crippen molar-refractivity contribution in [2.45, 2.75) is 33.2 Å². The lowest BCUT2D eigenvalue weighted by atomic mass is 10.1. The van der Waals surface area contributed by atoms with Gasteiger partial charge >= 0.3 is 5.97 Å². The standard InChI is InChI=1S/C22H26N2O4/c1-14-10-19(16(3)23(14)4)20(25)13-28-22(27)18-11-21(26)24(12-18)15(2)17-8-6-5-7-9-17/h5-10,15,18H,11-13H2,1-4H3/t15-,18+/m1/s1. The molecule has 28 heavy (non-hydrogen) atoms. The molecule has 0 N–H and O–H groups in total. The van der Waals surface area contributed by atoms with Gasteiger partial charge in [0.1, 0.15) is 0 Å². The van der Waals surface area contributed by atoms with Crippen molar-refractivity contribution in [1.82, 2.24) is 9.47 Å². The number of ether oxygens (including phenoxy) is 1. The SMILES string of the molecule is Cc1cc(C(=O)COC(=O)[C@H]2CC(=O)N([C@H](C)c3ccccc3)C2)c(C)n1C. The zero-order chi connectivity index (χ0) is 20.4. The summed E-state index contributed by atoms with van der Waals surface area (Å²) in [4.78, 5) is 38.9. The molecule has 6 nitrogen and oxygen atoms in total. The molecule has 0 bridgehead atoms.